The molecule has 2 N–H and O–H groups in total. The zero-order chi connectivity index (χ0) is 14.6. The maximum Gasteiger partial charge on any atom is 0.272 e. The van der Waals surface area contributed by atoms with E-state index in [4.69, 9.17) is 11.6 Å². The van der Waals surface area contributed by atoms with Gasteiger partial charge in [-0.15, -0.1) is 21.5 Å². The van der Waals surface area contributed by atoms with Gasteiger partial charge in [0.05, 0.1) is 4.34 Å². The van der Waals surface area contributed by atoms with E-state index in [0.29, 0.717) is 10.2 Å². The molecule has 20 heavy (non-hydrogen) atoms. The number of sulfonamides is 1. The first kappa shape index (κ1) is 15.0. The summed E-state index contributed by atoms with van der Waals surface area (Å²) in [6.07, 6.45) is 0.967. The summed E-state index contributed by atoms with van der Waals surface area (Å²) in [7, 11) is -3.66. The molecule has 0 aliphatic heterocycles. The number of nitrogens with zero attached hydrogens (tertiary/aromatic N) is 2. The average molecular weight is 333 g/mol. The lowest BCUT2D eigenvalue weighted by Crippen LogP contribution is -2.13. The summed E-state index contributed by atoms with van der Waals surface area (Å²) in [5.41, 5.74) is 0. The Hall–Kier alpha value is -1.38. The SMILES string of the molecule is CCCNc1ccc(NS(=O)(=O)c2ccc(Cl)s2)nn1. The summed E-state index contributed by atoms with van der Waals surface area (Å²) in [4.78, 5) is 0. The molecule has 0 saturated heterocycles. The van der Waals surface area contributed by atoms with Crippen molar-refractivity contribution in [2.45, 2.75) is 17.6 Å². The number of rotatable bonds is 6. The second kappa shape index (κ2) is 6.38. The minimum absolute atomic E-state index is 0.137. The second-order valence-electron chi connectivity index (χ2n) is 3.89. The van der Waals surface area contributed by atoms with Crippen molar-refractivity contribution >= 4 is 44.6 Å². The lowest BCUT2D eigenvalue weighted by atomic mass is 10.4. The molecule has 0 radical (unpaired) electrons. The molecule has 0 bridgehead atoms. The molecule has 0 aliphatic carbocycles. The van der Waals surface area contributed by atoms with E-state index in [2.05, 4.69) is 20.2 Å². The second-order valence-corrected chi connectivity index (χ2v) is 7.52. The van der Waals surface area contributed by atoms with Crippen LogP contribution in [0.4, 0.5) is 11.6 Å². The highest BCUT2D eigenvalue weighted by molar-refractivity contribution is 7.94. The largest absolute Gasteiger partial charge is 0.369 e. The van der Waals surface area contributed by atoms with E-state index in [-0.39, 0.29) is 10.0 Å². The monoisotopic (exact) mass is 332 g/mol. The van der Waals surface area contributed by atoms with Gasteiger partial charge in [0.25, 0.3) is 10.0 Å². The van der Waals surface area contributed by atoms with Crippen LogP contribution in [-0.2, 0) is 10.0 Å². The first-order chi connectivity index (χ1) is 9.51. The third kappa shape index (κ3) is 3.81. The lowest BCUT2D eigenvalue weighted by Gasteiger charge is -2.06. The number of halogens is 1. The van der Waals surface area contributed by atoms with Gasteiger partial charge in [-0.3, -0.25) is 4.72 Å². The highest BCUT2D eigenvalue weighted by Crippen LogP contribution is 2.26. The third-order valence-electron chi connectivity index (χ3n) is 2.27. The first-order valence-electron chi connectivity index (χ1n) is 5.87. The fraction of sp³-hybridized carbons (Fsp3) is 0.273. The van der Waals surface area contributed by atoms with Gasteiger partial charge >= 0.3 is 0 Å². The minimum Gasteiger partial charge on any atom is -0.369 e. The maximum absolute atomic E-state index is 12.0. The standard InChI is InChI=1S/C11H13ClN4O2S2/c1-2-7-13-9-4-5-10(15-14-9)16-20(17,18)11-6-3-8(12)19-11/h3-6H,2,7H2,1H3,(H,13,14)(H,15,16). The number of thiophene rings is 1. The van der Waals surface area contributed by atoms with E-state index in [9.17, 15) is 8.42 Å². The third-order valence-corrected chi connectivity index (χ3v) is 5.35. The van der Waals surface area contributed by atoms with Gasteiger partial charge < -0.3 is 5.32 Å². The van der Waals surface area contributed by atoms with Gasteiger partial charge in [0, 0.05) is 6.54 Å². The molecule has 0 unspecified atom stereocenters. The molecule has 0 aliphatic rings. The number of anilines is 2. The van der Waals surface area contributed by atoms with Crippen LogP contribution in [0.1, 0.15) is 13.3 Å². The van der Waals surface area contributed by atoms with Crippen molar-refractivity contribution in [2.75, 3.05) is 16.6 Å². The predicted octanol–water partition coefficient (Wildman–Crippen LogP) is 2.81. The van der Waals surface area contributed by atoms with Crippen molar-refractivity contribution < 1.29 is 8.42 Å². The zero-order valence-electron chi connectivity index (χ0n) is 10.6. The van der Waals surface area contributed by atoms with Crippen LogP contribution in [0.2, 0.25) is 4.34 Å². The summed E-state index contributed by atoms with van der Waals surface area (Å²) in [6, 6.07) is 6.20. The molecule has 6 nitrogen and oxygen atoms in total. The van der Waals surface area contributed by atoms with Crippen LogP contribution >= 0.6 is 22.9 Å². The fourth-order valence-electron chi connectivity index (χ4n) is 1.36. The molecule has 2 aromatic rings. The van der Waals surface area contributed by atoms with Gasteiger partial charge in [-0.05, 0) is 30.7 Å². The van der Waals surface area contributed by atoms with E-state index in [0.717, 1.165) is 24.3 Å². The van der Waals surface area contributed by atoms with Crippen LogP contribution in [0.15, 0.2) is 28.5 Å². The molecule has 0 spiro atoms. The Morgan fingerprint density at radius 3 is 2.45 bits per heavy atom. The molecule has 0 atom stereocenters. The van der Waals surface area contributed by atoms with Crippen LogP contribution in [0.5, 0.6) is 0 Å². The van der Waals surface area contributed by atoms with E-state index < -0.39 is 10.0 Å². The molecule has 0 aromatic carbocycles. The van der Waals surface area contributed by atoms with Crippen molar-refractivity contribution in [3.05, 3.63) is 28.6 Å². The van der Waals surface area contributed by atoms with Gasteiger partial charge in [0.2, 0.25) is 0 Å². The van der Waals surface area contributed by atoms with Gasteiger partial charge in [-0.25, -0.2) is 8.42 Å². The predicted molar refractivity (Wildman–Crippen MR) is 81.0 cm³/mol. The molecule has 9 heteroatoms. The van der Waals surface area contributed by atoms with E-state index in [1.807, 2.05) is 6.92 Å². The van der Waals surface area contributed by atoms with Crippen molar-refractivity contribution in [2.24, 2.45) is 0 Å². The van der Waals surface area contributed by atoms with Crippen molar-refractivity contribution in [1.82, 2.24) is 10.2 Å². The Bertz CT molecular complexity index is 670. The average Bonchev–Trinajstić information content (AvgIpc) is 2.85. The van der Waals surface area contributed by atoms with Gasteiger partial charge in [0.15, 0.2) is 5.82 Å². The Morgan fingerprint density at radius 1 is 1.20 bits per heavy atom. The van der Waals surface area contributed by atoms with E-state index in [1.165, 1.54) is 12.1 Å². The molecular weight excluding hydrogens is 320 g/mol. The van der Waals surface area contributed by atoms with Gasteiger partial charge in [-0.1, -0.05) is 18.5 Å². The number of nitrogens with one attached hydrogen (secondary N) is 2. The number of hydrogen-bond donors (Lipinski definition) is 2. The van der Waals surface area contributed by atoms with Crippen LogP contribution in [0.3, 0.4) is 0 Å². The molecule has 2 aromatic heterocycles. The Balaban J connectivity index is 2.09. The Morgan fingerprint density at radius 2 is 1.90 bits per heavy atom. The fourth-order valence-corrected chi connectivity index (χ4v) is 3.84. The van der Waals surface area contributed by atoms with E-state index >= 15 is 0 Å². The van der Waals surface area contributed by atoms with Crippen LogP contribution in [0, 0.1) is 0 Å². The maximum atomic E-state index is 12.0. The van der Waals surface area contributed by atoms with Crippen LogP contribution < -0.4 is 10.0 Å². The summed E-state index contributed by atoms with van der Waals surface area (Å²) in [5, 5.41) is 10.8. The Kier molecular flexibility index (Phi) is 4.79. The molecule has 0 fully saturated rings. The molecule has 0 saturated carbocycles. The molecule has 108 valence electrons. The van der Waals surface area contributed by atoms with Gasteiger partial charge in [-0.2, -0.15) is 0 Å². The molecular formula is C11H13ClN4O2S2. The van der Waals surface area contributed by atoms with E-state index in [1.54, 1.807) is 12.1 Å². The van der Waals surface area contributed by atoms with Crippen molar-refractivity contribution in [3.8, 4) is 0 Å². The minimum atomic E-state index is -3.66. The Labute approximate surface area is 126 Å². The molecule has 0 amide bonds. The van der Waals surface area contributed by atoms with Gasteiger partial charge in [0.1, 0.15) is 10.0 Å². The van der Waals surface area contributed by atoms with Crippen molar-refractivity contribution in [1.29, 1.82) is 0 Å². The summed E-state index contributed by atoms with van der Waals surface area (Å²) < 4.78 is 27.0. The highest BCUT2D eigenvalue weighted by atomic mass is 35.5. The highest BCUT2D eigenvalue weighted by Gasteiger charge is 2.17. The summed E-state index contributed by atoms with van der Waals surface area (Å²) in [5.74, 6) is 0.769. The number of hydrogen-bond acceptors (Lipinski definition) is 6. The van der Waals surface area contributed by atoms with Crippen molar-refractivity contribution in [3.63, 3.8) is 0 Å². The normalized spacial score (nSPS) is 11.3. The summed E-state index contributed by atoms with van der Waals surface area (Å²) >= 11 is 6.71. The first-order valence-corrected chi connectivity index (χ1v) is 8.55. The zero-order valence-corrected chi connectivity index (χ0v) is 13.0. The smallest absolute Gasteiger partial charge is 0.272 e. The van der Waals surface area contributed by atoms with Crippen LogP contribution in [0.25, 0.3) is 0 Å². The molecule has 2 rings (SSSR count). The number of aromatic nitrogens is 2. The molecule has 2 heterocycles. The lowest BCUT2D eigenvalue weighted by molar-refractivity contribution is 0.603. The summed E-state index contributed by atoms with van der Waals surface area (Å²) in [6.45, 7) is 2.82. The topological polar surface area (TPSA) is 84.0 Å². The quantitative estimate of drug-likeness (QED) is 0.849. The van der Waals surface area contributed by atoms with Crippen LogP contribution in [-0.4, -0.2) is 25.2 Å².